The van der Waals surface area contributed by atoms with Crippen LogP contribution >= 0.6 is 0 Å². The van der Waals surface area contributed by atoms with Crippen LogP contribution < -0.4 is 10.1 Å². The summed E-state index contributed by atoms with van der Waals surface area (Å²) in [6.45, 7) is 5.68. The molecule has 24 heavy (non-hydrogen) atoms. The highest BCUT2D eigenvalue weighted by molar-refractivity contribution is 7.89. The van der Waals surface area contributed by atoms with Gasteiger partial charge in [-0.3, -0.25) is 4.79 Å². The molecule has 0 aliphatic carbocycles. The normalized spacial score (nSPS) is 22.0. The van der Waals surface area contributed by atoms with Crippen molar-refractivity contribution < 1.29 is 17.9 Å². The van der Waals surface area contributed by atoms with E-state index in [1.54, 1.807) is 22.5 Å². The number of carbonyl (C=O) groups is 1. The number of sulfonamides is 1. The third-order valence-corrected chi connectivity index (χ3v) is 6.62. The van der Waals surface area contributed by atoms with Crippen LogP contribution in [-0.4, -0.2) is 44.4 Å². The monoisotopic (exact) mass is 352 g/mol. The second kappa shape index (κ2) is 6.72. The standard InChI is InChI=1S/C17H24N2O4S/c1-3-18-17(20)16-11-13-10-14(4-5-15(13)23-16)24(21,22)19-8-6-12(2)7-9-19/h4-5,10,12,16H,3,6-9,11H2,1-2H3,(H,18,20). The van der Waals surface area contributed by atoms with Gasteiger partial charge in [0.25, 0.3) is 5.91 Å². The fraction of sp³-hybridized carbons (Fsp3) is 0.588. The van der Waals surface area contributed by atoms with Gasteiger partial charge >= 0.3 is 0 Å². The molecule has 1 fully saturated rings. The largest absolute Gasteiger partial charge is 0.480 e. The Morgan fingerprint density at radius 2 is 2.04 bits per heavy atom. The van der Waals surface area contributed by atoms with Gasteiger partial charge in [-0.1, -0.05) is 6.92 Å². The molecule has 6 nitrogen and oxygen atoms in total. The number of likely N-dealkylation sites (N-methyl/N-ethyl adjacent to an activating group) is 1. The number of amides is 1. The highest BCUT2D eigenvalue weighted by atomic mass is 32.2. The Labute approximate surface area is 143 Å². The summed E-state index contributed by atoms with van der Waals surface area (Å²) in [5, 5.41) is 2.73. The lowest BCUT2D eigenvalue weighted by molar-refractivity contribution is -0.127. The molecular weight excluding hydrogens is 328 g/mol. The Morgan fingerprint density at radius 3 is 2.71 bits per heavy atom. The van der Waals surface area contributed by atoms with Crippen molar-refractivity contribution in [3.05, 3.63) is 23.8 Å². The summed E-state index contributed by atoms with van der Waals surface area (Å²) in [6, 6.07) is 4.89. The molecule has 2 heterocycles. The SMILES string of the molecule is CCNC(=O)C1Cc2cc(S(=O)(=O)N3CCC(C)CC3)ccc2O1. The molecule has 1 aromatic carbocycles. The quantitative estimate of drug-likeness (QED) is 0.892. The first kappa shape index (κ1) is 17.2. The number of carbonyl (C=O) groups excluding carboxylic acids is 1. The summed E-state index contributed by atoms with van der Waals surface area (Å²) >= 11 is 0. The summed E-state index contributed by atoms with van der Waals surface area (Å²) in [6.07, 6.45) is 1.62. The first-order chi connectivity index (χ1) is 11.4. The van der Waals surface area contributed by atoms with Crippen LogP contribution in [0.5, 0.6) is 5.75 Å². The molecule has 132 valence electrons. The summed E-state index contributed by atoms with van der Waals surface area (Å²) in [5.74, 6) is 1.00. The van der Waals surface area contributed by atoms with Gasteiger partial charge < -0.3 is 10.1 Å². The number of nitrogens with zero attached hydrogens (tertiary/aromatic N) is 1. The Balaban J connectivity index is 1.78. The van der Waals surface area contributed by atoms with E-state index in [1.165, 1.54) is 0 Å². The van der Waals surface area contributed by atoms with E-state index < -0.39 is 16.1 Å². The summed E-state index contributed by atoms with van der Waals surface area (Å²) in [7, 11) is -3.48. The van der Waals surface area contributed by atoms with Crippen molar-refractivity contribution in [2.24, 2.45) is 5.92 Å². The summed E-state index contributed by atoms with van der Waals surface area (Å²) in [4.78, 5) is 12.2. The van der Waals surface area contributed by atoms with Gasteiger partial charge in [0.15, 0.2) is 6.10 Å². The zero-order chi connectivity index (χ0) is 17.3. The van der Waals surface area contributed by atoms with Crippen LogP contribution in [0.15, 0.2) is 23.1 Å². The Hall–Kier alpha value is -1.60. The highest BCUT2D eigenvalue weighted by Gasteiger charge is 2.32. The number of ether oxygens (including phenoxy) is 1. The molecule has 1 unspecified atom stereocenters. The van der Waals surface area contributed by atoms with Crippen molar-refractivity contribution in [2.45, 2.75) is 44.1 Å². The van der Waals surface area contributed by atoms with E-state index in [0.29, 0.717) is 37.7 Å². The second-order valence-corrected chi connectivity index (χ2v) is 8.50. The molecule has 3 rings (SSSR count). The lowest BCUT2D eigenvalue weighted by Gasteiger charge is -2.29. The predicted molar refractivity (Wildman–Crippen MR) is 90.4 cm³/mol. The van der Waals surface area contributed by atoms with E-state index in [1.807, 2.05) is 6.92 Å². The molecule has 2 aliphatic heterocycles. The Bertz CT molecular complexity index is 724. The molecule has 1 aromatic rings. The fourth-order valence-electron chi connectivity index (χ4n) is 3.19. The molecule has 2 aliphatic rings. The molecule has 1 saturated heterocycles. The summed E-state index contributed by atoms with van der Waals surface area (Å²) in [5.41, 5.74) is 0.776. The number of piperidine rings is 1. The molecule has 0 spiro atoms. The number of rotatable bonds is 4. The maximum absolute atomic E-state index is 12.8. The summed E-state index contributed by atoms with van der Waals surface area (Å²) < 4.78 is 32.8. The van der Waals surface area contributed by atoms with Gasteiger partial charge in [-0.2, -0.15) is 4.31 Å². The van der Waals surface area contributed by atoms with Crippen molar-refractivity contribution in [3.8, 4) is 5.75 Å². The Kier molecular flexibility index (Phi) is 4.83. The number of fused-ring (bicyclic) bond motifs is 1. The number of hydrogen-bond acceptors (Lipinski definition) is 4. The molecule has 1 atom stereocenters. The van der Waals surface area contributed by atoms with E-state index in [9.17, 15) is 13.2 Å². The van der Waals surface area contributed by atoms with Crippen LogP contribution in [0, 0.1) is 5.92 Å². The van der Waals surface area contributed by atoms with Crippen molar-refractivity contribution in [1.82, 2.24) is 9.62 Å². The maximum atomic E-state index is 12.8. The van der Waals surface area contributed by atoms with Crippen LogP contribution in [0.3, 0.4) is 0 Å². The molecule has 0 saturated carbocycles. The van der Waals surface area contributed by atoms with Gasteiger partial charge in [0, 0.05) is 26.1 Å². The number of benzene rings is 1. The van der Waals surface area contributed by atoms with E-state index in [2.05, 4.69) is 12.2 Å². The van der Waals surface area contributed by atoms with Crippen molar-refractivity contribution in [3.63, 3.8) is 0 Å². The lowest BCUT2D eigenvalue weighted by Crippen LogP contribution is -2.37. The van der Waals surface area contributed by atoms with Crippen LogP contribution in [-0.2, 0) is 21.2 Å². The van der Waals surface area contributed by atoms with Crippen LogP contribution in [0.2, 0.25) is 0 Å². The minimum Gasteiger partial charge on any atom is -0.480 e. The maximum Gasteiger partial charge on any atom is 0.261 e. The molecule has 1 amide bonds. The lowest BCUT2D eigenvalue weighted by atomic mass is 10.0. The first-order valence-corrected chi connectivity index (χ1v) is 9.93. The minimum absolute atomic E-state index is 0.164. The van der Waals surface area contributed by atoms with E-state index >= 15 is 0 Å². The zero-order valence-corrected chi connectivity index (χ0v) is 14.9. The second-order valence-electron chi connectivity index (χ2n) is 6.56. The van der Waals surface area contributed by atoms with Gasteiger partial charge in [-0.05, 0) is 49.4 Å². The number of nitrogens with one attached hydrogen (secondary N) is 1. The highest BCUT2D eigenvalue weighted by Crippen LogP contribution is 2.32. The molecule has 0 bridgehead atoms. The average molecular weight is 352 g/mol. The van der Waals surface area contributed by atoms with Gasteiger partial charge in [-0.15, -0.1) is 0 Å². The van der Waals surface area contributed by atoms with Crippen LogP contribution in [0.25, 0.3) is 0 Å². The average Bonchev–Trinajstić information content (AvgIpc) is 2.98. The van der Waals surface area contributed by atoms with Crippen LogP contribution in [0.1, 0.15) is 32.3 Å². The molecule has 0 radical (unpaired) electrons. The molecule has 7 heteroatoms. The topological polar surface area (TPSA) is 75.7 Å². The van der Waals surface area contributed by atoms with E-state index in [4.69, 9.17) is 4.74 Å². The molecule has 0 aromatic heterocycles. The third-order valence-electron chi connectivity index (χ3n) is 4.73. The van der Waals surface area contributed by atoms with E-state index in [0.717, 1.165) is 18.4 Å². The predicted octanol–water partition coefficient (Wildman–Crippen LogP) is 1.55. The Morgan fingerprint density at radius 1 is 1.33 bits per heavy atom. The smallest absolute Gasteiger partial charge is 0.261 e. The van der Waals surface area contributed by atoms with Crippen molar-refractivity contribution in [2.75, 3.05) is 19.6 Å². The molecule has 1 N–H and O–H groups in total. The minimum atomic E-state index is -3.48. The van der Waals surface area contributed by atoms with Crippen molar-refractivity contribution in [1.29, 1.82) is 0 Å². The van der Waals surface area contributed by atoms with Crippen molar-refractivity contribution >= 4 is 15.9 Å². The zero-order valence-electron chi connectivity index (χ0n) is 14.1. The number of hydrogen-bond donors (Lipinski definition) is 1. The fourth-order valence-corrected chi connectivity index (χ4v) is 4.71. The van der Waals surface area contributed by atoms with Gasteiger partial charge in [-0.25, -0.2) is 8.42 Å². The van der Waals surface area contributed by atoms with Crippen LogP contribution in [0.4, 0.5) is 0 Å². The van der Waals surface area contributed by atoms with Gasteiger partial charge in [0.05, 0.1) is 4.90 Å². The van der Waals surface area contributed by atoms with Gasteiger partial charge in [0.1, 0.15) is 5.75 Å². The third kappa shape index (κ3) is 3.28. The molecular formula is C17H24N2O4S. The first-order valence-electron chi connectivity index (χ1n) is 8.49. The van der Waals surface area contributed by atoms with Gasteiger partial charge in [0.2, 0.25) is 10.0 Å². The van der Waals surface area contributed by atoms with E-state index in [-0.39, 0.29) is 10.8 Å².